The van der Waals surface area contributed by atoms with Crippen LogP contribution in [0.4, 0.5) is 0 Å². The van der Waals surface area contributed by atoms with E-state index in [1.807, 2.05) is 42.5 Å². The number of para-hydroxylation sites is 1. The van der Waals surface area contributed by atoms with Crippen molar-refractivity contribution >= 4 is 45.2 Å². The number of esters is 1. The number of thiazole rings is 1. The third-order valence-electron chi connectivity index (χ3n) is 5.17. The second-order valence-electron chi connectivity index (χ2n) is 7.28. The molecular weight excluding hydrogens is 416 g/mol. The molecule has 1 fully saturated rings. The quantitative estimate of drug-likeness (QED) is 0.399. The maximum atomic E-state index is 12.9. The van der Waals surface area contributed by atoms with E-state index in [0.29, 0.717) is 25.3 Å². The molecule has 0 aliphatic carbocycles. The van der Waals surface area contributed by atoms with Crippen molar-refractivity contribution in [3.63, 3.8) is 0 Å². The van der Waals surface area contributed by atoms with Crippen molar-refractivity contribution in [2.75, 3.05) is 19.7 Å². The Kier molecular flexibility index (Phi) is 6.69. The van der Waals surface area contributed by atoms with Gasteiger partial charge < -0.3 is 9.64 Å². The number of benzene rings is 2. The predicted octanol–water partition coefficient (Wildman–Crippen LogP) is 5.00. The first kappa shape index (κ1) is 20.9. The number of ether oxygens (including phenoxy) is 1. The lowest BCUT2D eigenvalue weighted by atomic mass is 9.97. The van der Waals surface area contributed by atoms with Crippen molar-refractivity contribution < 1.29 is 14.3 Å². The second kappa shape index (κ2) is 9.62. The Morgan fingerprint density at radius 3 is 2.77 bits per heavy atom. The molecule has 1 saturated heterocycles. The van der Waals surface area contributed by atoms with Crippen LogP contribution in [0.1, 0.15) is 35.7 Å². The number of fused-ring (bicyclic) bond motifs is 1. The number of carbonyl (C=O) groups excluding carboxylic acids is 2. The van der Waals surface area contributed by atoms with Gasteiger partial charge in [0.05, 0.1) is 22.7 Å². The first-order chi connectivity index (χ1) is 14.6. The molecule has 1 unspecified atom stereocenters. The van der Waals surface area contributed by atoms with E-state index in [2.05, 4.69) is 11.1 Å². The molecule has 2 aromatic carbocycles. The molecule has 0 bridgehead atoms. The predicted molar refractivity (Wildman–Crippen MR) is 121 cm³/mol. The van der Waals surface area contributed by atoms with Crippen LogP contribution in [0.2, 0.25) is 0 Å². The van der Waals surface area contributed by atoms with Gasteiger partial charge in [-0.15, -0.1) is 11.3 Å². The number of aromatic nitrogens is 1. The van der Waals surface area contributed by atoms with Crippen molar-refractivity contribution in [2.45, 2.75) is 29.9 Å². The molecule has 3 aromatic rings. The summed E-state index contributed by atoms with van der Waals surface area (Å²) < 4.78 is 7.38. The van der Waals surface area contributed by atoms with E-state index in [0.717, 1.165) is 34.0 Å². The molecule has 5 nitrogen and oxygen atoms in total. The number of hydrogen-bond acceptors (Lipinski definition) is 6. The number of nitrogens with zero attached hydrogens (tertiary/aromatic N) is 2. The van der Waals surface area contributed by atoms with Crippen molar-refractivity contribution in [2.24, 2.45) is 5.92 Å². The smallest absolute Gasteiger partial charge is 0.310 e. The zero-order valence-electron chi connectivity index (χ0n) is 16.9. The Balaban J connectivity index is 1.35. The number of likely N-dealkylation sites (tertiary alicyclic amines) is 1. The topological polar surface area (TPSA) is 59.5 Å². The fraction of sp³-hybridized carbons (Fsp3) is 0.348. The third kappa shape index (κ3) is 4.84. The van der Waals surface area contributed by atoms with Crippen LogP contribution in [0, 0.1) is 5.92 Å². The highest BCUT2D eigenvalue weighted by molar-refractivity contribution is 8.00. The minimum absolute atomic E-state index is 0.0191. The summed E-state index contributed by atoms with van der Waals surface area (Å²) in [4.78, 5) is 31.3. The molecule has 0 spiro atoms. The van der Waals surface area contributed by atoms with E-state index in [1.54, 1.807) is 34.9 Å². The van der Waals surface area contributed by atoms with Gasteiger partial charge in [-0.3, -0.25) is 9.59 Å². The molecule has 1 aliphatic heterocycles. The van der Waals surface area contributed by atoms with E-state index in [1.165, 1.54) is 4.70 Å². The zero-order chi connectivity index (χ0) is 20.9. The van der Waals surface area contributed by atoms with Gasteiger partial charge in [0, 0.05) is 24.4 Å². The molecule has 0 saturated carbocycles. The van der Waals surface area contributed by atoms with Crippen LogP contribution in [0.3, 0.4) is 0 Å². The van der Waals surface area contributed by atoms with Crippen molar-refractivity contribution in [1.82, 2.24) is 9.88 Å². The van der Waals surface area contributed by atoms with Gasteiger partial charge in [0.1, 0.15) is 0 Å². The molecule has 7 heteroatoms. The molecule has 30 heavy (non-hydrogen) atoms. The Hall–Kier alpha value is -2.38. The second-order valence-corrected chi connectivity index (χ2v) is 9.53. The SMILES string of the molecule is CCOC(=O)C1CCCN(C(=O)c2ccc(CSc3nc4ccccc4s3)cc2)C1. The first-order valence-corrected chi connectivity index (χ1v) is 12.0. The molecule has 1 aromatic heterocycles. The number of thioether (sulfide) groups is 1. The maximum Gasteiger partial charge on any atom is 0.310 e. The van der Waals surface area contributed by atoms with Crippen LogP contribution >= 0.6 is 23.1 Å². The summed E-state index contributed by atoms with van der Waals surface area (Å²) in [6.07, 6.45) is 1.61. The van der Waals surface area contributed by atoms with Crippen LogP contribution in [-0.4, -0.2) is 41.5 Å². The summed E-state index contributed by atoms with van der Waals surface area (Å²) in [6, 6.07) is 15.9. The lowest BCUT2D eigenvalue weighted by Crippen LogP contribution is -2.42. The minimum Gasteiger partial charge on any atom is -0.466 e. The Labute approximate surface area is 184 Å². The summed E-state index contributed by atoms with van der Waals surface area (Å²) in [5.74, 6) is 0.377. The molecular formula is C23H24N2O3S2. The summed E-state index contributed by atoms with van der Waals surface area (Å²) in [5.41, 5.74) is 2.85. The van der Waals surface area contributed by atoms with Gasteiger partial charge >= 0.3 is 5.97 Å². The fourth-order valence-electron chi connectivity index (χ4n) is 3.60. The highest BCUT2D eigenvalue weighted by Gasteiger charge is 2.29. The minimum atomic E-state index is -0.216. The average Bonchev–Trinajstić information content (AvgIpc) is 3.21. The van der Waals surface area contributed by atoms with Gasteiger partial charge in [0.2, 0.25) is 0 Å². The summed E-state index contributed by atoms with van der Waals surface area (Å²) in [6.45, 7) is 3.30. The normalized spacial score (nSPS) is 16.6. The van der Waals surface area contributed by atoms with E-state index in [-0.39, 0.29) is 17.8 Å². The lowest BCUT2D eigenvalue weighted by molar-refractivity contribution is -0.149. The standard InChI is InChI=1S/C23H24N2O3S2/c1-2-28-22(27)18-6-5-13-25(14-18)21(26)17-11-9-16(10-12-17)15-29-23-24-19-7-3-4-8-20(19)30-23/h3-4,7-12,18H,2,5-6,13-15H2,1H3. The molecule has 0 radical (unpaired) electrons. The third-order valence-corrected chi connectivity index (χ3v) is 7.42. The molecule has 1 atom stereocenters. The monoisotopic (exact) mass is 440 g/mol. The van der Waals surface area contributed by atoms with E-state index in [9.17, 15) is 9.59 Å². The summed E-state index contributed by atoms with van der Waals surface area (Å²) in [7, 11) is 0. The van der Waals surface area contributed by atoms with Gasteiger partial charge in [0.25, 0.3) is 5.91 Å². The molecule has 1 aliphatic rings. The van der Waals surface area contributed by atoms with Crippen LogP contribution in [0.25, 0.3) is 10.2 Å². The molecule has 4 rings (SSSR count). The van der Waals surface area contributed by atoms with Crippen LogP contribution in [0.15, 0.2) is 52.9 Å². The number of amides is 1. The number of hydrogen-bond donors (Lipinski definition) is 0. The van der Waals surface area contributed by atoms with Crippen LogP contribution in [-0.2, 0) is 15.3 Å². The van der Waals surface area contributed by atoms with Crippen molar-refractivity contribution in [3.8, 4) is 0 Å². The van der Waals surface area contributed by atoms with E-state index in [4.69, 9.17) is 4.74 Å². The van der Waals surface area contributed by atoms with Gasteiger partial charge in [-0.05, 0) is 49.6 Å². The maximum absolute atomic E-state index is 12.9. The van der Waals surface area contributed by atoms with Crippen LogP contribution < -0.4 is 0 Å². The van der Waals surface area contributed by atoms with E-state index >= 15 is 0 Å². The number of rotatable bonds is 6. The Bertz CT molecular complexity index is 999. The molecule has 1 amide bonds. The molecule has 0 N–H and O–H groups in total. The number of piperidine rings is 1. The average molecular weight is 441 g/mol. The van der Waals surface area contributed by atoms with Gasteiger partial charge in [-0.2, -0.15) is 0 Å². The van der Waals surface area contributed by atoms with Gasteiger partial charge in [0.15, 0.2) is 4.34 Å². The molecule has 156 valence electrons. The van der Waals surface area contributed by atoms with Gasteiger partial charge in [-0.25, -0.2) is 4.98 Å². The Morgan fingerprint density at radius 2 is 2.00 bits per heavy atom. The highest BCUT2D eigenvalue weighted by atomic mass is 32.2. The molecule has 2 heterocycles. The Morgan fingerprint density at radius 1 is 1.20 bits per heavy atom. The van der Waals surface area contributed by atoms with Crippen LogP contribution in [0.5, 0.6) is 0 Å². The first-order valence-electron chi connectivity index (χ1n) is 10.2. The number of carbonyl (C=O) groups is 2. The summed E-state index contributed by atoms with van der Waals surface area (Å²) >= 11 is 3.41. The van der Waals surface area contributed by atoms with Crippen molar-refractivity contribution in [3.05, 3.63) is 59.7 Å². The summed E-state index contributed by atoms with van der Waals surface area (Å²) in [5, 5.41) is 0. The van der Waals surface area contributed by atoms with E-state index < -0.39 is 0 Å². The zero-order valence-corrected chi connectivity index (χ0v) is 18.5. The fourth-order valence-corrected chi connectivity index (χ4v) is 5.62. The van der Waals surface area contributed by atoms with Crippen molar-refractivity contribution in [1.29, 1.82) is 0 Å². The largest absolute Gasteiger partial charge is 0.466 e. The highest BCUT2D eigenvalue weighted by Crippen LogP contribution is 2.31. The lowest BCUT2D eigenvalue weighted by Gasteiger charge is -2.31. The van der Waals surface area contributed by atoms with Gasteiger partial charge in [-0.1, -0.05) is 36.0 Å².